The Morgan fingerprint density at radius 3 is 2.40 bits per heavy atom. The van der Waals surface area contributed by atoms with Crippen LogP contribution in [0, 0.1) is 6.92 Å². The Kier molecular flexibility index (Phi) is 2.83. The van der Waals surface area contributed by atoms with Gasteiger partial charge in [-0.1, -0.05) is 24.3 Å². The van der Waals surface area contributed by atoms with Gasteiger partial charge in [-0.15, -0.1) is 0 Å². The van der Waals surface area contributed by atoms with Crippen molar-refractivity contribution in [3.63, 3.8) is 0 Å². The second-order valence-electron chi connectivity index (χ2n) is 3.68. The van der Waals surface area contributed by atoms with Crippen molar-refractivity contribution in [3.8, 4) is 0 Å². The molecule has 1 aromatic heterocycles. The van der Waals surface area contributed by atoms with Crippen LogP contribution >= 0.6 is 0 Å². The number of hydrogen-bond donors (Lipinski definition) is 1. The lowest BCUT2D eigenvalue weighted by Gasteiger charge is -2.05. The summed E-state index contributed by atoms with van der Waals surface area (Å²) in [5.41, 5.74) is 9.16. The summed E-state index contributed by atoms with van der Waals surface area (Å²) in [6.45, 7) is 3.53. The summed E-state index contributed by atoms with van der Waals surface area (Å²) in [7, 11) is 0. The fourth-order valence-corrected chi connectivity index (χ4v) is 1.53. The summed E-state index contributed by atoms with van der Waals surface area (Å²) in [5, 5.41) is 0. The first kappa shape index (κ1) is 9.93. The molecule has 0 bridgehead atoms. The number of rotatable bonds is 3. The Morgan fingerprint density at radius 1 is 1.20 bits per heavy atom. The van der Waals surface area contributed by atoms with Crippen LogP contribution in [0.25, 0.3) is 0 Å². The highest BCUT2D eigenvalue weighted by atomic mass is 15.0. The highest BCUT2D eigenvalue weighted by Crippen LogP contribution is 2.07. The van der Waals surface area contributed by atoms with Crippen molar-refractivity contribution in [2.24, 2.45) is 5.73 Å². The van der Waals surface area contributed by atoms with E-state index >= 15 is 0 Å². The van der Waals surface area contributed by atoms with Gasteiger partial charge < -0.3 is 10.3 Å². The van der Waals surface area contributed by atoms with Crippen LogP contribution in [0.5, 0.6) is 0 Å². The highest BCUT2D eigenvalue weighted by Gasteiger charge is 1.98. The summed E-state index contributed by atoms with van der Waals surface area (Å²) < 4.78 is 2.12. The molecule has 0 aliphatic heterocycles. The van der Waals surface area contributed by atoms with E-state index in [1.54, 1.807) is 0 Å². The lowest BCUT2D eigenvalue weighted by atomic mass is 10.1. The molecule has 3 heteroatoms. The molecular weight excluding hydrogens is 186 g/mol. The quantitative estimate of drug-likeness (QED) is 0.821. The second-order valence-corrected chi connectivity index (χ2v) is 3.68. The van der Waals surface area contributed by atoms with E-state index in [1.807, 2.05) is 12.5 Å². The van der Waals surface area contributed by atoms with Gasteiger partial charge in [0.25, 0.3) is 0 Å². The molecule has 2 N–H and O–H groups in total. The lowest BCUT2D eigenvalue weighted by Crippen LogP contribution is -2.01. The second kappa shape index (κ2) is 4.28. The number of nitrogens with zero attached hydrogens (tertiary/aromatic N) is 2. The number of hydrogen-bond acceptors (Lipinski definition) is 2. The monoisotopic (exact) mass is 201 g/mol. The third-order valence-corrected chi connectivity index (χ3v) is 2.53. The van der Waals surface area contributed by atoms with Gasteiger partial charge in [-0.05, 0) is 18.1 Å². The van der Waals surface area contributed by atoms with Gasteiger partial charge in [0.2, 0.25) is 0 Å². The van der Waals surface area contributed by atoms with Crippen LogP contribution < -0.4 is 5.73 Å². The molecule has 1 heterocycles. The third-order valence-electron chi connectivity index (χ3n) is 2.53. The number of imidazole rings is 1. The molecule has 0 amide bonds. The topological polar surface area (TPSA) is 43.8 Å². The maximum atomic E-state index is 5.54. The number of nitrogens with two attached hydrogens (primary N) is 1. The molecule has 0 radical (unpaired) electrons. The molecule has 0 atom stereocenters. The average molecular weight is 201 g/mol. The molecule has 2 rings (SSSR count). The minimum atomic E-state index is 0.602. The maximum absolute atomic E-state index is 5.54. The van der Waals surface area contributed by atoms with Crippen LogP contribution in [0.2, 0.25) is 0 Å². The SMILES string of the molecule is Cc1cncn1Cc1ccc(CN)cc1. The molecule has 0 fully saturated rings. The lowest BCUT2D eigenvalue weighted by molar-refractivity contribution is 0.769. The minimum Gasteiger partial charge on any atom is -0.330 e. The van der Waals surface area contributed by atoms with Gasteiger partial charge in [0.15, 0.2) is 0 Å². The first-order valence-electron chi connectivity index (χ1n) is 5.04. The van der Waals surface area contributed by atoms with Crippen molar-refractivity contribution in [2.75, 3.05) is 0 Å². The van der Waals surface area contributed by atoms with Crippen LogP contribution in [0.3, 0.4) is 0 Å². The van der Waals surface area contributed by atoms with Crippen molar-refractivity contribution in [2.45, 2.75) is 20.0 Å². The molecule has 3 nitrogen and oxygen atoms in total. The first-order chi connectivity index (χ1) is 7.29. The van der Waals surface area contributed by atoms with Gasteiger partial charge >= 0.3 is 0 Å². The maximum Gasteiger partial charge on any atom is 0.0951 e. The summed E-state index contributed by atoms with van der Waals surface area (Å²) >= 11 is 0. The molecular formula is C12H15N3. The zero-order valence-corrected chi connectivity index (χ0v) is 8.85. The number of aryl methyl sites for hydroxylation is 1. The third kappa shape index (κ3) is 2.25. The van der Waals surface area contributed by atoms with Crippen molar-refractivity contribution in [3.05, 3.63) is 53.6 Å². The normalized spacial score (nSPS) is 10.5. The first-order valence-corrected chi connectivity index (χ1v) is 5.04. The van der Waals surface area contributed by atoms with Gasteiger partial charge in [-0.2, -0.15) is 0 Å². The van der Waals surface area contributed by atoms with Gasteiger partial charge in [-0.3, -0.25) is 0 Å². The number of benzene rings is 1. The Labute approximate surface area is 89.6 Å². The van der Waals surface area contributed by atoms with Crippen molar-refractivity contribution < 1.29 is 0 Å². The summed E-state index contributed by atoms with van der Waals surface area (Å²) in [5.74, 6) is 0. The smallest absolute Gasteiger partial charge is 0.0951 e. The standard InChI is InChI=1S/C12H15N3/c1-10-7-14-9-15(10)8-12-4-2-11(6-13)3-5-12/h2-5,7,9H,6,8,13H2,1H3. The van der Waals surface area contributed by atoms with E-state index in [0.717, 1.165) is 6.54 Å². The zero-order valence-electron chi connectivity index (χ0n) is 8.85. The highest BCUT2D eigenvalue weighted by molar-refractivity contribution is 5.22. The van der Waals surface area contributed by atoms with Gasteiger partial charge in [0.05, 0.1) is 6.33 Å². The summed E-state index contributed by atoms with van der Waals surface area (Å²) in [6.07, 6.45) is 3.72. The Morgan fingerprint density at radius 2 is 1.87 bits per heavy atom. The Balaban J connectivity index is 2.14. The minimum absolute atomic E-state index is 0.602. The van der Waals surface area contributed by atoms with Crippen LogP contribution in [-0.4, -0.2) is 9.55 Å². The molecule has 0 aliphatic carbocycles. The van der Waals surface area contributed by atoms with Crippen LogP contribution in [0.1, 0.15) is 16.8 Å². The Bertz CT molecular complexity index is 428. The van der Waals surface area contributed by atoms with Crippen molar-refractivity contribution in [1.82, 2.24) is 9.55 Å². The number of aromatic nitrogens is 2. The average Bonchev–Trinajstić information content (AvgIpc) is 2.66. The van der Waals surface area contributed by atoms with E-state index in [1.165, 1.54) is 16.8 Å². The molecule has 0 spiro atoms. The largest absolute Gasteiger partial charge is 0.330 e. The van der Waals surface area contributed by atoms with E-state index in [9.17, 15) is 0 Å². The van der Waals surface area contributed by atoms with Gasteiger partial charge in [-0.25, -0.2) is 4.98 Å². The van der Waals surface area contributed by atoms with E-state index in [4.69, 9.17) is 5.73 Å². The molecule has 0 saturated carbocycles. The van der Waals surface area contributed by atoms with E-state index in [-0.39, 0.29) is 0 Å². The van der Waals surface area contributed by atoms with E-state index in [2.05, 4.69) is 40.7 Å². The van der Waals surface area contributed by atoms with Crippen LogP contribution in [-0.2, 0) is 13.1 Å². The molecule has 2 aromatic rings. The van der Waals surface area contributed by atoms with Crippen molar-refractivity contribution >= 4 is 0 Å². The zero-order chi connectivity index (χ0) is 10.7. The Hall–Kier alpha value is -1.61. The summed E-state index contributed by atoms with van der Waals surface area (Å²) in [6, 6.07) is 8.37. The fraction of sp³-hybridized carbons (Fsp3) is 0.250. The van der Waals surface area contributed by atoms with E-state index in [0.29, 0.717) is 6.54 Å². The predicted molar refractivity (Wildman–Crippen MR) is 60.4 cm³/mol. The van der Waals surface area contributed by atoms with E-state index < -0.39 is 0 Å². The van der Waals surface area contributed by atoms with Gasteiger partial charge in [0, 0.05) is 25.0 Å². The predicted octanol–water partition coefficient (Wildman–Crippen LogP) is 1.70. The van der Waals surface area contributed by atoms with Crippen LogP contribution in [0.15, 0.2) is 36.8 Å². The fourth-order valence-electron chi connectivity index (χ4n) is 1.53. The van der Waals surface area contributed by atoms with Crippen LogP contribution in [0.4, 0.5) is 0 Å². The molecule has 78 valence electrons. The molecule has 0 saturated heterocycles. The molecule has 15 heavy (non-hydrogen) atoms. The molecule has 1 aromatic carbocycles. The van der Waals surface area contributed by atoms with Crippen molar-refractivity contribution in [1.29, 1.82) is 0 Å². The molecule has 0 unspecified atom stereocenters. The van der Waals surface area contributed by atoms with Gasteiger partial charge in [0.1, 0.15) is 0 Å². The molecule has 0 aliphatic rings. The summed E-state index contributed by atoms with van der Waals surface area (Å²) in [4.78, 5) is 4.09.